The predicted molar refractivity (Wildman–Crippen MR) is 69.2 cm³/mol. The third kappa shape index (κ3) is 3.03. The lowest BCUT2D eigenvalue weighted by Crippen LogP contribution is -2.12. The quantitative estimate of drug-likeness (QED) is 0.499. The second kappa shape index (κ2) is 5.42. The van der Waals surface area contributed by atoms with Crippen LogP contribution >= 0.6 is 0 Å². The number of nitrogens with zero attached hydrogens (tertiary/aromatic N) is 3. The molecule has 1 fully saturated rings. The SMILES string of the molecule is O=[N+]([O-])c1ccc(N/N=C/C2CCC2)c([N+](=O)[O-])c1. The summed E-state index contributed by atoms with van der Waals surface area (Å²) in [6.45, 7) is 0. The number of anilines is 1. The minimum absolute atomic E-state index is 0.145. The lowest BCUT2D eigenvalue weighted by atomic mass is 9.87. The van der Waals surface area contributed by atoms with Crippen LogP contribution in [0.2, 0.25) is 0 Å². The molecule has 8 heteroatoms. The molecule has 100 valence electrons. The number of hydrazone groups is 1. The molecular formula is C11H12N4O4. The molecule has 1 aliphatic rings. The summed E-state index contributed by atoms with van der Waals surface area (Å²) in [5, 5.41) is 25.4. The molecule has 0 radical (unpaired) electrons. The monoisotopic (exact) mass is 264 g/mol. The molecule has 0 spiro atoms. The molecule has 1 aromatic rings. The third-order valence-electron chi connectivity index (χ3n) is 3.01. The van der Waals surface area contributed by atoms with Crippen molar-refractivity contribution in [2.45, 2.75) is 19.3 Å². The molecule has 1 saturated carbocycles. The molecule has 1 N–H and O–H groups in total. The Morgan fingerprint density at radius 2 is 2.00 bits per heavy atom. The van der Waals surface area contributed by atoms with Crippen molar-refractivity contribution in [1.29, 1.82) is 0 Å². The number of hydrogen-bond acceptors (Lipinski definition) is 6. The van der Waals surface area contributed by atoms with Crippen LogP contribution in [0.3, 0.4) is 0 Å². The van der Waals surface area contributed by atoms with Gasteiger partial charge < -0.3 is 0 Å². The van der Waals surface area contributed by atoms with E-state index in [1.54, 1.807) is 6.21 Å². The van der Waals surface area contributed by atoms with Gasteiger partial charge in [-0.2, -0.15) is 5.10 Å². The van der Waals surface area contributed by atoms with Crippen molar-refractivity contribution in [2.24, 2.45) is 11.0 Å². The highest BCUT2D eigenvalue weighted by Crippen LogP contribution is 2.29. The van der Waals surface area contributed by atoms with Gasteiger partial charge in [0.25, 0.3) is 5.69 Å². The van der Waals surface area contributed by atoms with E-state index in [2.05, 4.69) is 10.5 Å². The molecule has 0 heterocycles. The molecule has 8 nitrogen and oxygen atoms in total. The average molecular weight is 264 g/mol. The zero-order valence-electron chi connectivity index (χ0n) is 9.98. The Kier molecular flexibility index (Phi) is 3.69. The Morgan fingerprint density at radius 1 is 1.26 bits per heavy atom. The summed E-state index contributed by atoms with van der Waals surface area (Å²) < 4.78 is 0. The molecule has 0 bridgehead atoms. The summed E-state index contributed by atoms with van der Waals surface area (Å²) in [4.78, 5) is 20.1. The maximum Gasteiger partial charge on any atom is 0.301 e. The van der Waals surface area contributed by atoms with E-state index in [-0.39, 0.29) is 17.1 Å². The van der Waals surface area contributed by atoms with Gasteiger partial charge >= 0.3 is 5.69 Å². The lowest BCUT2D eigenvalue weighted by molar-refractivity contribution is -0.393. The van der Waals surface area contributed by atoms with Crippen LogP contribution < -0.4 is 5.43 Å². The highest BCUT2D eigenvalue weighted by atomic mass is 16.6. The molecule has 1 aliphatic carbocycles. The van der Waals surface area contributed by atoms with Gasteiger partial charge in [-0.15, -0.1) is 0 Å². The standard InChI is InChI=1S/C11H12N4O4/c16-14(17)9-4-5-10(11(6-9)15(18)19)13-12-7-8-2-1-3-8/h4-8,13H,1-3H2/b12-7+. The number of benzene rings is 1. The van der Waals surface area contributed by atoms with Crippen LogP contribution in [0.5, 0.6) is 0 Å². The Balaban J connectivity index is 2.16. The second-order valence-corrected chi connectivity index (χ2v) is 4.30. The summed E-state index contributed by atoms with van der Waals surface area (Å²) in [5.41, 5.74) is 2.03. The van der Waals surface area contributed by atoms with E-state index in [4.69, 9.17) is 0 Å². The summed E-state index contributed by atoms with van der Waals surface area (Å²) in [7, 11) is 0. The topological polar surface area (TPSA) is 111 Å². The Labute approximate surface area is 108 Å². The maximum atomic E-state index is 10.9. The average Bonchev–Trinajstić information content (AvgIpc) is 2.32. The minimum Gasteiger partial charge on any atom is -0.272 e. The highest BCUT2D eigenvalue weighted by molar-refractivity contribution is 5.68. The number of nitro benzene ring substituents is 2. The molecule has 19 heavy (non-hydrogen) atoms. The molecule has 2 rings (SSSR count). The number of nitrogens with one attached hydrogen (secondary N) is 1. The van der Waals surface area contributed by atoms with Gasteiger partial charge in [0.05, 0.1) is 15.9 Å². The van der Waals surface area contributed by atoms with E-state index in [0.29, 0.717) is 5.92 Å². The Bertz CT molecular complexity index is 539. The second-order valence-electron chi connectivity index (χ2n) is 4.30. The fraction of sp³-hybridized carbons (Fsp3) is 0.364. The predicted octanol–water partition coefficient (Wildman–Crippen LogP) is 2.70. The largest absolute Gasteiger partial charge is 0.301 e. The Hall–Kier alpha value is -2.51. The van der Waals surface area contributed by atoms with E-state index >= 15 is 0 Å². The first-order valence-electron chi connectivity index (χ1n) is 5.80. The number of hydrogen-bond donors (Lipinski definition) is 1. The zero-order valence-corrected chi connectivity index (χ0v) is 9.98. The third-order valence-corrected chi connectivity index (χ3v) is 3.01. The van der Waals surface area contributed by atoms with E-state index in [1.807, 2.05) is 0 Å². The summed E-state index contributed by atoms with van der Waals surface area (Å²) >= 11 is 0. The molecule has 0 amide bonds. The van der Waals surface area contributed by atoms with Crippen molar-refractivity contribution in [3.8, 4) is 0 Å². The molecule has 0 unspecified atom stereocenters. The number of non-ortho nitro benzene ring substituents is 1. The molecule has 0 aromatic heterocycles. The van der Waals surface area contributed by atoms with Crippen molar-refractivity contribution >= 4 is 23.3 Å². The highest BCUT2D eigenvalue weighted by Gasteiger charge is 2.19. The van der Waals surface area contributed by atoms with Crippen LogP contribution in [0.4, 0.5) is 17.1 Å². The fourth-order valence-corrected chi connectivity index (χ4v) is 1.68. The van der Waals surface area contributed by atoms with Gasteiger partial charge in [0.2, 0.25) is 0 Å². The van der Waals surface area contributed by atoms with E-state index in [1.165, 1.54) is 18.6 Å². The van der Waals surface area contributed by atoms with Gasteiger partial charge in [-0.3, -0.25) is 25.7 Å². The molecule has 0 atom stereocenters. The van der Waals surface area contributed by atoms with Crippen LogP contribution in [-0.2, 0) is 0 Å². The van der Waals surface area contributed by atoms with Gasteiger partial charge in [-0.05, 0) is 24.8 Å². The van der Waals surface area contributed by atoms with Crippen molar-refractivity contribution in [2.75, 3.05) is 5.43 Å². The summed E-state index contributed by atoms with van der Waals surface area (Å²) in [6, 6.07) is 3.41. The van der Waals surface area contributed by atoms with Gasteiger partial charge in [0.1, 0.15) is 5.69 Å². The molecule has 1 aromatic carbocycles. The fourth-order valence-electron chi connectivity index (χ4n) is 1.68. The molecular weight excluding hydrogens is 252 g/mol. The van der Waals surface area contributed by atoms with E-state index < -0.39 is 9.85 Å². The van der Waals surface area contributed by atoms with Crippen molar-refractivity contribution in [1.82, 2.24) is 0 Å². The van der Waals surface area contributed by atoms with E-state index in [9.17, 15) is 20.2 Å². The molecule has 0 aliphatic heterocycles. The summed E-state index contributed by atoms with van der Waals surface area (Å²) in [5.74, 6) is 0.421. The zero-order chi connectivity index (χ0) is 13.8. The van der Waals surface area contributed by atoms with Crippen molar-refractivity contribution in [3.63, 3.8) is 0 Å². The first kappa shape index (κ1) is 12.9. The Morgan fingerprint density at radius 3 is 2.53 bits per heavy atom. The molecule has 0 saturated heterocycles. The maximum absolute atomic E-state index is 10.9. The lowest BCUT2D eigenvalue weighted by Gasteiger charge is -2.20. The van der Waals surface area contributed by atoms with Crippen LogP contribution in [0.1, 0.15) is 19.3 Å². The van der Waals surface area contributed by atoms with Crippen LogP contribution in [0.15, 0.2) is 23.3 Å². The normalized spacial score (nSPS) is 15.2. The van der Waals surface area contributed by atoms with Gasteiger partial charge in [-0.25, -0.2) is 0 Å². The van der Waals surface area contributed by atoms with Crippen LogP contribution in [0, 0.1) is 26.1 Å². The van der Waals surface area contributed by atoms with Crippen molar-refractivity contribution < 1.29 is 9.85 Å². The minimum atomic E-state index is -0.672. The van der Waals surface area contributed by atoms with Crippen LogP contribution in [0.25, 0.3) is 0 Å². The first-order chi connectivity index (χ1) is 9.08. The summed E-state index contributed by atoms with van der Waals surface area (Å²) in [6.07, 6.45) is 5.05. The van der Waals surface area contributed by atoms with Crippen molar-refractivity contribution in [3.05, 3.63) is 38.4 Å². The van der Waals surface area contributed by atoms with Gasteiger partial charge in [-0.1, -0.05) is 6.42 Å². The number of nitro groups is 2. The van der Waals surface area contributed by atoms with Crippen LogP contribution in [-0.4, -0.2) is 16.1 Å². The van der Waals surface area contributed by atoms with Gasteiger partial charge in [0, 0.05) is 12.3 Å². The first-order valence-corrected chi connectivity index (χ1v) is 5.80. The van der Waals surface area contributed by atoms with Gasteiger partial charge in [0.15, 0.2) is 0 Å². The number of rotatable bonds is 5. The smallest absolute Gasteiger partial charge is 0.272 e. The van der Waals surface area contributed by atoms with E-state index in [0.717, 1.165) is 18.9 Å².